The SMILES string of the molecule is Cc1ccccc1-n1cc(C(=O)N2CCC(O)CC2)cn1. The van der Waals surface area contributed by atoms with E-state index in [0.29, 0.717) is 31.5 Å². The summed E-state index contributed by atoms with van der Waals surface area (Å²) in [5, 5.41) is 13.8. The molecule has 0 radical (unpaired) electrons. The molecule has 2 heterocycles. The highest BCUT2D eigenvalue weighted by molar-refractivity contribution is 5.93. The van der Waals surface area contributed by atoms with Gasteiger partial charge in [-0.15, -0.1) is 0 Å². The van der Waals surface area contributed by atoms with Crippen LogP contribution < -0.4 is 0 Å². The number of hydrogen-bond donors (Lipinski definition) is 1. The number of piperidine rings is 1. The van der Waals surface area contributed by atoms with Crippen molar-refractivity contribution in [2.75, 3.05) is 13.1 Å². The van der Waals surface area contributed by atoms with E-state index >= 15 is 0 Å². The average molecular weight is 285 g/mol. The van der Waals surface area contributed by atoms with Crippen molar-refractivity contribution in [2.45, 2.75) is 25.9 Å². The van der Waals surface area contributed by atoms with Crippen molar-refractivity contribution in [3.05, 3.63) is 47.8 Å². The fraction of sp³-hybridized carbons (Fsp3) is 0.375. The molecule has 1 aromatic heterocycles. The molecule has 2 aromatic rings. The monoisotopic (exact) mass is 285 g/mol. The zero-order valence-electron chi connectivity index (χ0n) is 12.1. The molecule has 21 heavy (non-hydrogen) atoms. The van der Waals surface area contributed by atoms with Crippen LogP contribution in [0.3, 0.4) is 0 Å². The molecule has 1 fully saturated rings. The largest absolute Gasteiger partial charge is 0.393 e. The van der Waals surface area contributed by atoms with Gasteiger partial charge >= 0.3 is 0 Å². The van der Waals surface area contributed by atoms with Crippen LogP contribution in [-0.4, -0.2) is 44.9 Å². The quantitative estimate of drug-likeness (QED) is 0.915. The number of rotatable bonds is 2. The molecule has 0 bridgehead atoms. The Balaban J connectivity index is 1.79. The minimum Gasteiger partial charge on any atom is -0.393 e. The van der Waals surface area contributed by atoms with E-state index in [0.717, 1.165) is 11.3 Å². The molecule has 5 nitrogen and oxygen atoms in total. The second-order valence-corrected chi connectivity index (χ2v) is 5.48. The van der Waals surface area contributed by atoms with Crippen LogP contribution in [-0.2, 0) is 0 Å². The van der Waals surface area contributed by atoms with E-state index in [1.165, 1.54) is 0 Å². The van der Waals surface area contributed by atoms with Gasteiger partial charge in [0.05, 0.1) is 23.6 Å². The van der Waals surface area contributed by atoms with Gasteiger partial charge in [-0.2, -0.15) is 5.10 Å². The molecule has 0 spiro atoms. The Labute approximate surface area is 123 Å². The van der Waals surface area contributed by atoms with Crippen LogP contribution in [0, 0.1) is 6.92 Å². The molecule has 5 heteroatoms. The maximum atomic E-state index is 12.4. The van der Waals surface area contributed by atoms with Crippen molar-refractivity contribution < 1.29 is 9.90 Å². The number of carbonyl (C=O) groups excluding carboxylic acids is 1. The zero-order valence-corrected chi connectivity index (χ0v) is 12.1. The lowest BCUT2D eigenvalue weighted by atomic mass is 10.1. The van der Waals surface area contributed by atoms with Crippen LogP contribution in [0.5, 0.6) is 0 Å². The molecule has 1 saturated heterocycles. The smallest absolute Gasteiger partial charge is 0.257 e. The minimum atomic E-state index is -0.274. The van der Waals surface area contributed by atoms with Crippen molar-refractivity contribution in [1.82, 2.24) is 14.7 Å². The van der Waals surface area contributed by atoms with Gasteiger partial charge in [0.15, 0.2) is 0 Å². The number of carbonyl (C=O) groups is 1. The summed E-state index contributed by atoms with van der Waals surface area (Å²) in [6.45, 7) is 3.23. The fourth-order valence-electron chi connectivity index (χ4n) is 2.64. The summed E-state index contributed by atoms with van der Waals surface area (Å²) in [4.78, 5) is 14.2. The first-order chi connectivity index (χ1) is 10.1. The summed E-state index contributed by atoms with van der Waals surface area (Å²) >= 11 is 0. The number of aliphatic hydroxyl groups is 1. The number of likely N-dealkylation sites (tertiary alicyclic amines) is 1. The predicted octanol–water partition coefficient (Wildman–Crippen LogP) is 1.78. The van der Waals surface area contributed by atoms with Crippen LogP contribution in [0.1, 0.15) is 28.8 Å². The Morgan fingerprint density at radius 1 is 1.29 bits per heavy atom. The third-order valence-electron chi connectivity index (χ3n) is 3.94. The first kappa shape index (κ1) is 13.8. The van der Waals surface area contributed by atoms with E-state index in [9.17, 15) is 9.90 Å². The number of aryl methyl sites for hydroxylation is 1. The second-order valence-electron chi connectivity index (χ2n) is 5.48. The molecule has 0 aliphatic carbocycles. The van der Waals surface area contributed by atoms with Gasteiger partial charge in [0, 0.05) is 19.3 Å². The molecule has 3 rings (SSSR count). The minimum absolute atomic E-state index is 0.0123. The molecule has 1 amide bonds. The topological polar surface area (TPSA) is 58.4 Å². The summed E-state index contributed by atoms with van der Waals surface area (Å²) in [5.41, 5.74) is 2.68. The van der Waals surface area contributed by atoms with E-state index in [4.69, 9.17) is 0 Å². The summed E-state index contributed by atoms with van der Waals surface area (Å²) in [7, 11) is 0. The summed E-state index contributed by atoms with van der Waals surface area (Å²) < 4.78 is 1.74. The van der Waals surface area contributed by atoms with Gasteiger partial charge in [-0.3, -0.25) is 4.79 Å². The maximum Gasteiger partial charge on any atom is 0.257 e. The van der Waals surface area contributed by atoms with Crippen LogP contribution in [0.25, 0.3) is 5.69 Å². The van der Waals surface area contributed by atoms with Crippen molar-refractivity contribution in [3.8, 4) is 5.69 Å². The molecule has 1 N–H and O–H groups in total. The number of hydrogen-bond acceptors (Lipinski definition) is 3. The lowest BCUT2D eigenvalue weighted by molar-refractivity contribution is 0.0546. The van der Waals surface area contributed by atoms with Gasteiger partial charge in [-0.05, 0) is 31.4 Å². The molecule has 0 atom stereocenters. The molecule has 1 aliphatic heterocycles. The highest BCUT2D eigenvalue weighted by Crippen LogP contribution is 2.16. The van der Waals surface area contributed by atoms with Crippen molar-refractivity contribution >= 4 is 5.91 Å². The Morgan fingerprint density at radius 2 is 2.00 bits per heavy atom. The maximum absolute atomic E-state index is 12.4. The molecule has 1 aliphatic rings. The number of aliphatic hydroxyl groups excluding tert-OH is 1. The van der Waals surface area contributed by atoms with E-state index in [2.05, 4.69) is 5.10 Å². The van der Waals surface area contributed by atoms with Crippen LogP contribution >= 0.6 is 0 Å². The number of benzene rings is 1. The van der Waals surface area contributed by atoms with Gasteiger partial charge < -0.3 is 10.0 Å². The summed E-state index contributed by atoms with van der Waals surface area (Å²) in [5.74, 6) is -0.0123. The summed E-state index contributed by atoms with van der Waals surface area (Å²) in [6, 6.07) is 7.93. The van der Waals surface area contributed by atoms with Crippen LogP contribution in [0.2, 0.25) is 0 Å². The third kappa shape index (κ3) is 2.83. The van der Waals surface area contributed by atoms with E-state index < -0.39 is 0 Å². The van der Waals surface area contributed by atoms with Gasteiger partial charge in [0.2, 0.25) is 0 Å². The van der Waals surface area contributed by atoms with E-state index in [1.807, 2.05) is 31.2 Å². The van der Waals surface area contributed by atoms with Gasteiger partial charge in [-0.1, -0.05) is 18.2 Å². The second kappa shape index (κ2) is 5.69. The van der Waals surface area contributed by atoms with Crippen molar-refractivity contribution in [1.29, 1.82) is 0 Å². The Kier molecular flexibility index (Phi) is 3.75. The van der Waals surface area contributed by atoms with E-state index in [-0.39, 0.29) is 12.0 Å². The number of para-hydroxylation sites is 1. The van der Waals surface area contributed by atoms with Crippen LogP contribution in [0.4, 0.5) is 0 Å². The van der Waals surface area contributed by atoms with Crippen molar-refractivity contribution in [3.63, 3.8) is 0 Å². The summed E-state index contributed by atoms with van der Waals surface area (Å²) in [6.07, 6.45) is 4.41. The normalized spacial score (nSPS) is 16.2. The standard InChI is InChI=1S/C16H19N3O2/c1-12-4-2-3-5-15(12)19-11-13(10-17-19)16(21)18-8-6-14(20)7-9-18/h2-5,10-11,14,20H,6-9H2,1H3. The number of amides is 1. The molecule has 0 unspecified atom stereocenters. The fourth-order valence-corrected chi connectivity index (χ4v) is 2.64. The molecule has 0 saturated carbocycles. The average Bonchev–Trinajstić information content (AvgIpc) is 2.97. The lowest BCUT2D eigenvalue weighted by Crippen LogP contribution is -2.39. The molecule has 1 aromatic carbocycles. The van der Waals surface area contributed by atoms with Crippen LogP contribution in [0.15, 0.2) is 36.7 Å². The first-order valence-corrected chi connectivity index (χ1v) is 7.23. The highest BCUT2D eigenvalue weighted by Gasteiger charge is 2.23. The lowest BCUT2D eigenvalue weighted by Gasteiger charge is -2.29. The van der Waals surface area contributed by atoms with Gasteiger partial charge in [-0.25, -0.2) is 4.68 Å². The predicted molar refractivity (Wildman–Crippen MR) is 79.4 cm³/mol. The highest BCUT2D eigenvalue weighted by atomic mass is 16.3. The van der Waals surface area contributed by atoms with Gasteiger partial charge in [0.25, 0.3) is 5.91 Å². The Bertz CT molecular complexity index is 642. The molecular weight excluding hydrogens is 266 g/mol. The zero-order chi connectivity index (χ0) is 14.8. The first-order valence-electron chi connectivity index (χ1n) is 7.23. The number of nitrogens with zero attached hydrogens (tertiary/aromatic N) is 3. The van der Waals surface area contributed by atoms with E-state index in [1.54, 1.807) is 22.0 Å². The van der Waals surface area contributed by atoms with Crippen molar-refractivity contribution in [2.24, 2.45) is 0 Å². The Hall–Kier alpha value is -2.14. The Morgan fingerprint density at radius 3 is 2.71 bits per heavy atom. The molecular formula is C16H19N3O2. The third-order valence-corrected chi connectivity index (χ3v) is 3.94. The van der Waals surface area contributed by atoms with Gasteiger partial charge in [0.1, 0.15) is 0 Å². The number of aromatic nitrogens is 2. The molecule has 110 valence electrons.